The number of pyridine rings is 1. The van der Waals surface area contributed by atoms with Gasteiger partial charge in [-0.05, 0) is 44.5 Å². The van der Waals surface area contributed by atoms with Crippen LogP contribution in [0.2, 0.25) is 0 Å². The molecule has 2 fully saturated rings. The molecule has 6 heteroatoms. The Kier molecular flexibility index (Phi) is 4.24. The monoisotopic (exact) mass is 289 g/mol. The van der Waals surface area contributed by atoms with Gasteiger partial charge in [-0.1, -0.05) is 11.6 Å². The highest BCUT2D eigenvalue weighted by molar-refractivity contribution is 5.97. The summed E-state index contributed by atoms with van der Waals surface area (Å²) in [6.45, 7) is 4.51. The number of nitrogens with zero attached hydrogens (tertiary/aromatic N) is 4. The minimum atomic E-state index is 0.130. The average Bonchev–Trinajstić information content (AvgIpc) is 3.05. The molecule has 1 aromatic rings. The number of hydrogen-bond donors (Lipinski definition) is 2. The van der Waals surface area contributed by atoms with E-state index >= 15 is 0 Å². The predicted octanol–water partition coefficient (Wildman–Crippen LogP) is 1.24. The van der Waals surface area contributed by atoms with Gasteiger partial charge in [0.2, 0.25) is 0 Å². The second kappa shape index (κ2) is 6.30. The molecule has 2 aliphatic heterocycles. The van der Waals surface area contributed by atoms with Gasteiger partial charge in [-0.25, -0.2) is 4.98 Å². The summed E-state index contributed by atoms with van der Waals surface area (Å²) in [7, 11) is 0. The quantitative estimate of drug-likeness (QED) is 0.379. The largest absolute Gasteiger partial charge is 0.409 e. The summed E-state index contributed by atoms with van der Waals surface area (Å²) in [5.74, 6) is 1.05. The maximum Gasteiger partial charge on any atom is 0.170 e. The van der Waals surface area contributed by atoms with Crippen molar-refractivity contribution in [2.45, 2.75) is 31.7 Å². The molecule has 1 unspecified atom stereocenters. The first kappa shape index (κ1) is 14.1. The third-order valence-corrected chi connectivity index (χ3v) is 4.54. The Hall–Kier alpha value is -1.82. The highest BCUT2D eigenvalue weighted by atomic mass is 16.4. The molecule has 0 amide bonds. The molecule has 3 rings (SSSR count). The van der Waals surface area contributed by atoms with E-state index in [0.29, 0.717) is 11.6 Å². The number of aromatic nitrogens is 1. The minimum Gasteiger partial charge on any atom is -0.409 e. The van der Waals surface area contributed by atoms with E-state index in [1.165, 1.54) is 38.8 Å². The second-order valence-electron chi connectivity index (χ2n) is 5.87. The van der Waals surface area contributed by atoms with E-state index < -0.39 is 0 Å². The summed E-state index contributed by atoms with van der Waals surface area (Å²) in [4.78, 5) is 9.35. The lowest BCUT2D eigenvalue weighted by Crippen LogP contribution is -2.41. The van der Waals surface area contributed by atoms with Gasteiger partial charge < -0.3 is 15.8 Å². The van der Waals surface area contributed by atoms with Gasteiger partial charge in [0.15, 0.2) is 5.84 Å². The van der Waals surface area contributed by atoms with Crippen molar-refractivity contribution in [2.75, 3.05) is 31.1 Å². The summed E-state index contributed by atoms with van der Waals surface area (Å²) in [6.07, 6.45) is 6.93. The number of nitrogens with two attached hydrogens (primary N) is 1. The minimum absolute atomic E-state index is 0.130. The first-order valence-electron chi connectivity index (χ1n) is 7.71. The maximum absolute atomic E-state index is 8.78. The Morgan fingerprint density at radius 1 is 1.29 bits per heavy atom. The van der Waals surface area contributed by atoms with Crippen molar-refractivity contribution in [1.82, 2.24) is 9.88 Å². The highest BCUT2D eigenvalue weighted by Gasteiger charge is 2.29. The number of amidine groups is 1. The van der Waals surface area contributed by atoms with E-state index in [4.69, 9.17) is 10.9 Å². The van der Waals surface area contributed by atoms with Crippen molar-refractivity contribution in [1.29, 1.82) is 0 Å². The molecule has 0 aliphatic carbocycles. The third-order valence-electron chi connectivity index (χ3n) is 4.54. The zero-order valence-corrected chi connectivity index (χ0v) is 12.3. The Balaban J connectivity index is 1.68. The fourth-order valence-electron chi connectivity index (χ4n) is 3.34. The molecule has 0 aromatic carbocycles. The summed E-state index contributed by atoms with van der Waals surface area (Å²) in [6, 6.07) is 4.30. The lowest BCUT2D eigenvalue weighted by atomic mass is 10.1. The first-order chi connectivity index (χ1) is 10.3. The molecule has 0 saturated carbocycles. The summed E-state index contributed by atoms with van der Waals surface area (Å²) in [5.41, 5.74) is 6.36. The van der Waals surface area contributed by atoms with E-state index in [-0.39, 0.29) is 5.84 Å². The zero-order valence-electron chi connectivity index (χ0n) is 12.3. The number of oxime groups is 1. The van der Waals surface area contributed by atoms with Crippen molar-refractivity contribution in [3.05, 3.63) is 23.9 Å². The van der Waals surface area contributed by atoms with Gasteiger partial charge in [-0.2, -0.15) is 0 Å². The Bertz CT molecular complexity index is 513. The van der Waals surface area contributed by atoms with Gasteiger partial charge in [-0.3, -0.25) is 4.90 Å². The molecular formula is C15H23N5O. The Morgan fingerprint density at radius 2 is 2.10 bits per heavy atom. The van der Waals surface area contributed by atoms with Gasteiger partial charge in [0.25, 0.3) is 0 Å². The molecule has 0 spiro atoms. The van der Waals surface area contributed by atoms with Crippen LogP contribution in [0.25, 0.3) is 0 Å². The Labute approximate surface area is 125 Å². The first-order valence-corrected chi connectivity index (χ1v) is 7.71. The van der Waals surface area contributed by atoms with Crippen LogP contribution in [0, 0.1) is 0 Å². The van der Waals surface area contributed by atoms with Crippen molar-refractivity contribution < 1.29 is 5.21 Å². The maximum atomic E-state index is 8.78. The molecule has 0 radical (unpaired) electrons. The van der Waals surface area contributed by atoms with E-state index in [9.17, 15) is 0 Å². The molecule has 21 heavy (non-hydrogen) atoms. The van der Waals surface area contributed by atoms with E-state index in [1.807, 2.05) is 6.07 Å². The second-order valence-corrected chi connectivity index (χ2v) is 5.87. The molecule has 3 heterocycles. The predicted molar refractivity (Wildman–Crippen MR) is 82.8 cm³/mol. The van der Waals surface area contributed by atoms with Crippen LogP contribution in [-0.2, 0) is 0 Å². The molecule has 1 aromatic heterocycles. The van der Waals surface area contributed by atoms with Gasteiger partial charge >= 0.3 is 0 Å². The van der Waals surface area contributed by atoms with Gasteiger partial charge in [0.1, 0.15) is 5.82 Å². The lowest BCUT2D eigenvalue weighted by Gasteiger charge is -2.32. The van der Waals surface area contributed by atoms with Crippen molar-refractivity contribution >= 4 is 11.7 Å². The average molecular weight is 289 g/mol. The van der Waals surface area contributed by atoms with Crippen LogP contribution in [0.3, 0.4) is 0 Å². The number of hydrogen-bond acceptors (Lipinski definition) is 5. The zero-order chi connectivity index (χ0) is 14.7. The van der Waals surface area contributed by atoms with E-state index in [1.54, 1.807) is 12.3 Å². The van der Waals surface area contributed by atoms with Gasteiger partial charge in [0.05, 0.1) is 0 Å². The summed E-state index contributed by atoms with van der Waals surface area (Å²) >= 11 is 0. The normalized spacial score (nSPS) is 24.5. The standard InChI is InChI=1S/C15H23N5O/c16-15(18-21)12-4-6-17-14(10-12)20-9-5-13(11-20)19-7-2-1-3-8-19/h4,6,10,13,21H,1-3,5,7-9,11H2,(H2,16,18). The number of likely N-dealkylation sites (tertiary alicyclic amines) is 1. The third kappa shape index (κ3) is 3.10. The molecule has 2 saturated heterocycles. The number of rotatable bonds is 3. The molecule has 2 aliphatic rings. The van der Waals surface area contributed by atoms with Crippen LogP contribution in [0.5, 0.6) is 0 Å². The Morgan fingerprint density at radius 3 is 2.86 bits per heavy atom. The van der Waals surface area contributed by atoms with Crippen molar-refractivity contribution in [3.63, 3.8) is 0 Å². The number of piperidine rings is 1. The van der Waals surface area contributed by atoms with Crippen LogP contribution < -0.4 is 10.6 Å². The van der Waals surface area contributed by atoms with Crippen LogP contribution in [0.4, 0.5) is 5.82 Å². The molecule has 6 nitrogen and oxygen atoms in total. The molecule has 114 valence electrons. The van der Waals surface area contributed by atoms with Crippen LogP contribution in [-0.4, -0.2) is 53.1 Å². The fourth-order valence-corrected chi connectivity index (χ4v) is 3.34. The SMILES string of the molecule is NC(=NO)c1ccnc(N2CCC(N3CCCCC3)C2)c1. The molecule has 3 N–H and O–H groups in total. The van der Waals surface area contributed by atoms with Crippen molar-refractivity contribution in [2.24, 2.45) is 10.9 Å². The van der Waals surface area contributed by atoms with E-state index in [0.717, 1.165) is 18.9 Å². The lowest BCUT2D eigenvalue weighted by molar-refractivity contribution is 0.175. The number of anilines is 1. The smallest absolute Gasteiger partial charge is 0.170 e. The van der Waals surface area contributed by atoms with E-state index in [2.05, 4.69) is 19.9 Å². The van der Waals surface area contributed by atoms with Gasteiger partial charge in [0, 0.05) is 30.9 Å². The summed E-state index contributed by atoms with van der Waals surface area (Å²) in [5, 5.41) is 11.8. The van der Waals surface area contributed by atoms with Crippen LogP contribution in [0.15, 0.2) is 23.5 Å². The summed E-state index contributed by atoms with van der Waals surface area (Å²) < 4.78 is 0. The van der Waals surface area contributed by atoms with Crippen molar-refractivity contribution in [3.8, 4) is 0 Å². The molecule has 1 atom stereocenters. The van der Waals surface area contributed by atoms with Gasteiger partial charge in [-0.15, -0.1) is 0 Å². The fraction of sp³-hybridized carbons (Fsp3) is 0.600. The van der Waals surface area contributed by atoms with Crippen LogP contribution >= 0.6 is 0 Å². The van der Waals surface area contributed by atoms with Crippen LogP contribution in [0.1, 0.15) is 31.2 Å². The topological polar surface area (TPSA) is 78.0 Å². The highest BCUT2D eigenvalue weighted by Crippen LogP contribution is 2.24. The molecular weight excluding hydrogens is 266 g/mol. The molecule has 0 bridgehead atoms.